The van der Waals surface area contributed by atoms with E-state index in [9.17, 15) is 19.5 Å². The molecule has 0 spiro atoms. The maximum Gasteiger partial charge on any atom is 0.252 e. The van der Waals surface area contributed by atoms with Gasteiger partial charge in [-0.1, -0.05) is 57.5 Å². The lowest BCUT2D eigenvalue weighted by Crippen LogP contribution is -2.60. The molecule has 188 valence electrons. The number of carbonyl (C=O) groups excluding carboxylic acids is 3. The van der Waals surface area contributed by atoms with Gasteiger partial charge >= 0.3 is 0 Å². The van der Waals surface area contributed by atoms with Crippen LogP contribution in [0, 0.1) is 11.3 Å². The highest BCUT2D eigenvalue weighted by molar-refractivity contribution is 6.30. The summed E-state index contributed by atoms with van der Waals surface area (Å²) in [6.07, 6.45) is 0.366. The molecule has 7 nitrogen and oxygen atoms in total. The van der Waals surface area contributed by atoms with E-state index in [1.165, 1.54) is 6.92 Å². The minimum absolute atomic E-state index is 0.148. The standard InChI is InChI=1S/C27H34ClN3O4/c1-17(2)23(30-24(33)19-7-6-8-22(15-19)29-18(3)32)25(34)31-14-13-27(35,26(4,5)16-31)20-9-11-21(28)12-10-20/h6-12,15,17,23,35H,13-14,16H2,1-5H3,(H,29,32)(H,30,33). The second-order valence-corrected chi connectivity index (χ2v) is 10.7. The van der Waals surface area contributed by atoms with Crippen molar-refractivity contribution < 1.29 is 19.5 Å². The van der Waals surface area contributed by atoms with E-state index in [0.717, 1.165) is 5.56 Å². The van der Waals surface area contributed by atoms with E-state index in [4.69, 9.17) is 11.6 Å². The molecular formula is C27H34ClN3O4. The minimum atomic E-state index is -1.12. The quantitative estimate of drug-likeness (QED) is 0.554. The average molecular weight is 500 g/mol. The Morgan fingerprint density at radius 3 is 2.31 bits per heavy atom. The predicted octanol–water partition coefficient (Wildman–Crippen LogP) is 4.20. The summed E-state index contributed by atoms with van der Waals surface area (Å²) in [5.74, 6) is -0.954. The monoisotopic (exact) mass is 499 g/mol. The van der Waals surface area contributed by atoms with Crippen LogP contribution in [0.15, 0.2) is 48.5 Å². The molecule has 2 unspecified atom stereocenters. The molecular weight excluding hydrogens is 466 g/mol. The van der Waals surface area contributed by atoms with Gasteiger partial charge in [0.15, 0.2) is 0 Å². The molecule has 35 heavy (non-hydrogen) atoms. The molecule has 3 amide bonds. The number of likely N-dealkylation sites (tertiary alicyclic amines) is 1. The van der Waals surface area contributed by atoms with Crippen molar-refractivity contribution in [1.82, 2.24) is 10.2 Å². The zero-order valence-corrected chi connectivity index (χ0v) is 21.6. The lowest BCUT2D eigenvalue weighted by Gasteiger charge is -2.51. The summed E-state index contributed by atoms with van der Waals surface area (Å²) in [7, 11) is 0. The van der Waals surface area contributed by atoms with Crippen molar-refractivity contribution in [2.24, 2.45) is 11.3 Å². The number of hydrogen-bond donors (Lipinski definition) is 3. The van der Waals surface area contributed by atoms with Gasteiger partial charge in [-0.3, -0.25) is 14.4 Å². The number of hydrogen-bond acceptors (Lipinski definition) is 4. The fraction of sp³-hybridized carbons (Fsp3) is 0.444. The van der Waals surface area contributed by atoms with Crippen molar-refractivity contribution in [3.8, 4) is 0 Å². The number of nitrogens with zero attached hydrogens (tertiary/aromatic N) is 1. The third-order valence-electron chi connectivity index (χ3n) is 6.75. The largest absolute Gasteiger partial charge is 0.384 e. The summed E-state index contributed by atoms with van der Waals surface area (Å²) in [4.78, 5) is 39.6. The van der Waals surface area contributed by atoms with Gasteiger partial charge in [0, 0.05) is 41.7 Å². The molecule has 0 aromatic heterocycles. The number of nitrogens with one attached hydrogen (secondary N) is 2. The van der Waals surface area contributed by atoms with Gasteiger partial charge in [-0.05, 0) is 48.2 Å². The van der Waals surface area contributed by atoms with Crippen molar-refractivity contribution >= 4 is 35.0 Å². The molecule has 8 heteroatoms. The molecule has 3 N–H and O–H groups in total. The molecule has 1 heterocycles. The van der Waals surface area contributed by atoms with Crippen molar-refractivity contribution in [3.05, 3.63) is 64.7 Å². The molecule has 1 aliphatic heterocycles. The number of aliphatic hydroxyl groups is 1. The normalized spacial score (nSPS) is 20.3. The second-order valence-electron chi connectivity index (χ2n) is 10.2. The van der Waals surface area contributed by atoms with Crippen molar-refractivity contribution in [2.45, 2.75) is 52.7 Å². The summed E-state index contributed by atoms with van der Waals surface area (Å²) >= 11 is 6.03. The summed E-state index contributed by atoms with van der Waals surface area (Å²) in [5, 5.41) is 17.7. The molecule has 0 bridgehead atoms. The van der Waals surface area contributed by atoms with E-state index in [2.05, 4.69) is 10.6 Å². The number of halogens is 1. The zero-order valence-electron chi connectivity index (χ0n) is 20.9. The fourth-order valence-corrected chi connectivity index (χ4v) is 4.77. The number of anilines is 1. The molecule has 1 fully saturated rings. The average Bonchev–Trinajstić information content (AvgIpc) is 2.78. The van der Waals surface area contributed by atoms with Gasteiger partial charge in [-0.2, -0.15) is 0 Å². The van der Waals surface area contributed by atoms with Crippen LogP contribution in [-0.2, 0) is 15.2 Å². The zero-order chi connectivity index (χ0) is 26.0. The number of amides is 3. The van der Waals surface area contributed by atoms with Crippen LogP contribution in [0.25, 0.3) is 0 Å². The van der Waals surface area contributed by atoms with Crippen LogP contribution in [0.3, 0.4) is 0 Å². The van der Waals surface area contributed by atoms with Crippen molar-refractivity contribution in [1.29, 1.82) is 0 Å². The summed E-state index contributed by atoms with van der Waals surface area (Å²) in [6.45, 7) is 9.75. The number of rotatable bonds is 6. The highest BCUT2D eigenvalue weighted by Gasteiger charge is 2.50. The van der Waals surface area contributed by atoms with Gasteiger partial charge in [0.2, 0.25) is 11.8 Å². The molecule has 0 radical (unpaired) electrons. The van der Waals surface area contributed by atoms with Crippen LogP contribution in [-0.4, -0.2) is 46.9 Å². The first-order valence-electron chi connectivity index (χ1n) is 11.8. The maximum absolute atomic E-state index is 13.6. The number of benzene rings is 2. The Bertz CT molecular complexity index is 1100. The van der Waals surface area contributed by atoms with Gasteiger partial charge in [0.25, 0.3) is 5.91 Å². The minimum Gasteiger partial charge on any atom is -0.384 e. The van der Waals surface area contributed by atoms with Crippen molar-refractivity contribution in [3.63, 3.8) is 0 Å². The molecule has 0 aliphatic carbocycles. The second kappa shape index (κ2) is 10.4. The maximum atomic E-state index is 13.6. The molecule has 3 rings (SSSR count). The van der Waals surface area contributed by atoms with Gasteiger partial charge in [0.05, 0.1) is 5.60 Å². The van der Waals surface area contributed by atoms with E-state index in [0.29, 0.717) is 35.8 Å². The van der Waals surface area contributed by atoms with Crippen LogP contribution >= 0.6 is 11.6 Å². The Hall–Kier alpha value is -2.90. The van der Waals surface area contributed by atoms with Crippen LogP contribution in [0.5, 0.6) is 0 Å². The first-order chi connectivity index (χ1) is 16.3. The van der Waals surface area contributed by atoms with Gasteiger partial charge < -0.3 is 20.6 Å². The number of piperidine rings is 1. The molecule has 1 saturated heterocycles. The topological polar surface area (TPSA) is 98.7 Å². The lowest BCUT2D eigenvalue weighted by atomic mass is 9.66. The molecule has 0 saturated carbocycles. The van der Waals surface area contributed by atoms with Gasteiger partial charge in [-0.15, -0.1) is 0 Å². The third kappa shape index (κ3) is 5.85. The van der Waals surface area contributed by atoms with E-state index >= 15 is 0 Å². The first kappa shape index (κ1) is 26.7. The third-order valence-corrected chi connectivity index (χ3v) is 7.00. The Morgan fingerprint density at radius 1 is 1.09 bits per heavy atom. The van der Waals surface area contributed by atoms with Gasteiger partial charge in [0.1, 0.15) is 6.04 Å². The Labute approximate surface area is 211 Å². The lowest BCUT2D eigenvalue weighted by molar-refractivity contribution is -0.155. The summed E-state index contributed by atoms with van der Waals surface area (Å²) in [6, 6.07) is 13.0. The van der Waals surface area contributed by atoms with E-state index in [1.807, 2.05) is 39.8 Å². The fourth-order valence-electron chi connectivity index (χ4n) is 4.65. The predicted molar refractivity (Wildman–Crippen MR) is 137 cm³/mol. The van der Waals surface area contributed by atoms with E-state index in [1.54, 1.807) is 41.3 Å². The van der Waals surface area contributed by atoms with Crippen LogP contribution in [0.2, 0.25) is 5.02 Å². The first-order valence-corrected chi connectivity index (χ1v) is 12.2. The molecule has 2 aromatic rings. The van der Waals surface area contributed by atoms with Gasteiger partial charge in [-0.25, -0.2) is 0 Å². The van der Waals surface area contributed by atoms with Crippen LogP contribution in [0.4, 0.5) is 5.69 Å². The highest BCUT2D eigenvalue weighted by Crippen LogP contribution is 2.46. The Morgan fingerprint density at radius 2 is 1.74 bits per heavy atom. The number of carbonyl (C=O) groups is 3. The highest BCUT2D eigenvalue weighted by atomic mass is 35.5. The Kier molecular flexibility index (Phi) is 7.92. The van der Waals surface area contributed by atoms with E-state index in [-0.39, 0.29) is 17.7 Å². The van der Waals surface area contributed by atoms with Crippen LogP contribution in [0.1, 0.15) is 57.0 Å². The SMILES string of the molecule is CC(=O)Nc1cccc(C(=O)NC(C(=O)N2CCC(O)(c3ccc(Cl)cc3)C(C)(C)C2)C(C)C)c1. The summed E-state index contributed by atoms with van der Waals surface area (Å²) < 4.78 is 0. The Balaban J connectivity index is 1.76. The van der Waals surface area contributed by atoms with Crippen LogP contribution < -0.4 is 10.6 Å². The molecule has 2 atom stereocenters. The summed E-state index contributed by atoms with van der Waals surface area (Å²) in [5.41, 5.74) is -0.114. The smallest absolute Gasteiger partial charge is 0.252 e. The molecule has 2 aromatic carbocycles. The molecule has 1 aliphatic rings. The van der Waals surface area contributed by atoms with E-state index < -0.39 is 23.0 Å². The van der Waals surface area contributed by atoms with Crippen molar-refractivity contribution in [2.75, 3.05) is 18.4 Å².